The number of hydrogen-bond donors (Lipinski definition) is 2. The third-order valence-electron chi connectivity index (χ3n) is 5.52. The van der Waals surface area contributed by atoms with Crippen LogP contribution in [0.2, 0.25) is 0 Å². The summed E-state index contributed by atoms with van der Waals surface area (Å²) in [6, 6.07) is 2.67. The molecule has 3 heterocycles. The van der Waals surface area contributed by atoms with Crippen LogP contribution in [-0.4, -0.2) is 40.2 Å². The van der Waals surface area contributed by atoms with E-state index in [-0.39, 0.29) is 36.7 Å². The van der Waals surface area contributed by atoms with Crippen LogP contribution in [0, 0.1) is 0 Å². The number of benzene rings is 1. The Kier molecular flexibility index (Phi) is 4.17. The van der Waals surface area contributed by atoms with Crippen molar-refractivity contribution in [3.05, 3.63) is 28.8 Å². The number of hydrogen-bond acceptors (Lipinski definition) is 5. The van der Waals surface area contributed by atoms with E-state index >= 15 is 0 Å². The Morgan fingerprint density at radius 2 is 2.04 bits per heavy atom. The first-order valence-electron chi connectivity index (χ1n) is 9.43. The molecule has 8 heteroatoms. The van der Waals surface area contributed by atoms with Crippen molar-refractivity contribution in [1.29, 1.82) is 0 Å². The molecule has 3 aliphatic heterocycles. The summed E-state index contributed by atoms with van der Waals surface area (Å²) in [5.74, 6) is -0.518. The molecule has 2 N–H and O–H groups in total. The van der Waals surface area contributed by atoms with E-state index in [1.165, 1.54) is 11.8 Å². The van der Waals surface area contributed by atoms with Crippen molar-refractivity contribution < 1.29 is 23.9 Å². The number of piperidine rings is 1. The van der Waals surface area contributed by atoms with E-state index in [9.17, 15) is 19.2 Å². The predicted octanol–water partition coefficient (Wildman–Crippen LogP) is 1.19. The Bertz CT molecular complexity index is 907. The minimum atomic E-state index is -0.670. The molecule has 0 saturated carbocycles. The molecule has 0 aliphatic carbocycles. The van der Waals surface area contributed by atoms with Crippen LogP contribution in [0.15, 0.2) is 12.1 Å². The molecule has 0 aromatic heterocycles. The predicted molar refractivity (Wildman–Crippen MR) is 98.4 cm³/mol. The van der Waals surface area contributed by atoms with Crippen LogP contribution in [0.3, 0.4) is 0 Å². The summed E-state index contributed by atoms with van der Waals surface area (Å²) in [5, 5.41) is 5.27. The lowest BCUT2D eigenvalue weighted by atomic mass is 9.87. The second-order valence-corrected chi connectivity index (χ2v) is 8.23. The van der Waals surface area contributed by atoms with Crippen LogP contribution in [0.1, 0.15) is 67.6 Å². The van der Waals surface area contributed by atoms with Gasteiger partial charge < -0.3 is 15.0 Å². The van der Waals surface area contributed by atoms with E-state index in [1.54, 1.807) is 6.07 Å². The van der Waals surface area contributed by atoms with Crippen LogP contribution >= 0.6 is 0 Å². The number of imide groups is 1. The van der Waals surface area contributed by atoms with Crippen LogP contribution < -0.4 is 15.4 Å². The monoisotopic (exact) mass is 385 g/mol. The van der Waals surface area contributed by atoms with Crippen molar-refractivity contribution in [2.24, 2.45) is 0 Å². The summed E-state index contributed by atoms with van der Waals surface area (Å²) >= 11 is 0. The lowest BCUT2D eigenvalue weighted by Gasteiger charge is -2.38. The van der Waals surface area contributed by atoms with Gasteiger partial charge in [-0.1, -0.05) is 6.07 Å². The Labute approximate surface area is 162 Å². The standard InChI is InChI=1S/C20H23N3O5/c1-10(24)21-14-8-20(2,3)28-17-12(14)5-4-11-13(17)9-23(19(11)27)15-6-7-16(25)22-18(15)26/h4-5,14-15H,6-9H2,1-3H3,(H,21,24)(H,22,25,26). The third kappa shape index (κ3) is 3.02. The second kappa shape index (κ2) is 6.32. The Hall–Kier alpha value is -2.90. The number of carbonyl (C=O) groups excluding carboxylic acids is 4. The van der Waals surface area contributed by atoms with Crippen molar-refractivity contribution in [1.82, 2.24) is 15.5 Å². The number of rotatable bonds is 2. The molecule has 1 aromatic carbocycles. The molecule has 2 atom stereocenters. The van der Waals surface area contributed by atoms with Gasteiger partial charge in [-0.3, -0.25) is 24.5 Å². The van der Waals surface area contributed by atoms with Crippen LogP contribution in [0.5, 0.6) is 5.75 Å². The normalized spacial score (nSPS) is 25.5. The fraction of sp³-hybridized carbons (Fsp3) is 0.500. The molecule has 2 unspecified atom stereocenters. The maximum absolute atomic E-state index is 13.0. The molecular weight excluding hydrogens is 362 g/mol. The minimum Gasteiger partial charge on any atom is -0.487 e. The van der Waals surface area contributed by atoms with E-state index in [0.717, 1.165) is 11.1 Å². The lowest BCUT2D eigenvalue weighted by molar-refractivity contribution is -0.137. The summed E-state index contributed by atoms with van der Waals surface area (Å²) in [5.41, 5.74) is 1.56. The van der Waals surface area contributed by atoms with Gasteiger partial charge in [-0.05, 0) is 26.3 Å². The zero-order valence-electron chi connectivity index (χ0n) is 16.1. The molecule has 4 amide bonds. The maximum Gasteiger partial charge on any atom is 0.255 e. The van der Waals surface area contributed by atoms with Crippen LogP contribution in [0.4, 0.5) is 0 Å². The van der Waals surface area contributed by atoms with Gasteiger partial charge in [0.15, 0.2) is 0 Å². The van der Waals surface area contributed by atoms with Gasteiger partial charge in [-0.15, -0.1) is 0 Å². The first-order valence-corrected chi connectivity index (χ1v) is 9.43. The number of carbonyl (C=O) groups is 4. The molecule has 8 nitrogen and oxygen atoms in total. The number of nitrogens with one attached hydrogen (secondary N) is 2. The van der Waals surface area contributed by atoms with Crippen molar-refractivity contribution in [2.75, 3.05) is 0 Å². The Balaban J connectivity index is 1.71. The van der Waals surface area contributed by atoms with E-state index in [4.69, 9.17) is 4.74 Å². The first-order chi connectivity index (χ1) is 13.2. The van der Waals surface area contributed by atoms with Crippen molar-refractivity contribution >= 4 is 23.6 Å². The molecule has 28 heavy (non-hydrogen) atoms. The fourth-order valence-electron chi connectivity index (χ4n) is 4.32. The number of amides is 4. The smallest absolute Gasteiger partial charge is 0.255 e. The van der Waals surface area contributed by atoms with E-state index in [0.29, 0.717) is 24.2 Å². The Morgan fingerprint density at radius 3 is 2.71 bits per heavy atom. The van der Waals surface area contributed by atoms with Gasteiger partial charge in [0.1, 0.15) is 17.4 Å². The van der Waals surface area contributed by atoms with Crippen LogP contribution in [0.25, 0.3) is 0 Å². The second-order valence-electron chi connectivity index (χ2n) is 8.23. The van der Waals surface area contributed by atoms with E-state index in [1.807, 2.05) is 19.9 Å². The average Bonchev–Trinajstić information content (AvgIpc) is 2.91. The highest BCUT2D eigenvalue weighted by Crippen LogP contribution is 2.45. The van der Waals surface area contributed by atoms with E-state index < -0.39 is 17.6 Å². The first kappa shape index (κ1) is 18.5. The van der Waals surface area contributed by atoms with Gasteiger partial charge >= 0.3 is 0 Å². The molecule has 1 fully saturated rings. The average molecular weight is 385 g/mol. The number of nitrogens with zero attached hydrogens (tertiary/aromatic N) is 1. The fourth-order valence-corrected chi connectivity index (χ4v) is 4.32. The van der Waals surface area contributed by atoms with Gasteiger partial charge in [-0.2, -0.15) is 0 Å². The molecule has 148 valence electrons. The van der Waals surface area contributed by atoms with Gasteiger partial charge in [0.2, 0.25) is 17.7 Å². The Morgan fingerprint density at radius 1 is 1.29 bits per heavy atom. The van der Waals surface area contributed by atoms with E-state index in [2.05, 4.69) is 10.6 Å². The van der Waals surface area contributed by atoms with Gasteiger partial charge in [-0.25, -0.2) is 0 Å². The van der Waals surface area contributed by atoms with Gasteiger partial charge in [0.25, 0.3) is 5.91 Å². The summed E-state index contributed by atoms with van der Waals surface area (Å²) in [4.78, 5) is 49.8. The highest BCUT2D eigenvalue weighted by molar-refractivity contribution is 6.05. The minimum absolute atomic E-state index is 0.129. The molecule has 0 bridgehead atoms. The quantitative estimate of drug-likeness (QED) is 0.744. The highest BCUT2D eigenvalue weighted by Gasteiger charge is 2.43. The summed E-state index contributed by atoms with van der Waals surface area (Å²) in [7, 11) is 0. The summed E-state index contributed by atoms with van der Waals surface area (Å²) in [6.07, 6.45) is 1.14. The zero-order chi connectivity index (χ0) is 20.2. The third-order valence-corrected chi connectivity index (χ3v) is 5.52. The van der Waals surface area contributed by atoms with Crippen molar-refractivity contribution in [3.8, 4) is 5.75 Å². The SMILES string of the molecule is CC(=O)NC1CC(C)(C)Oc2c1ccc1c2CN(C2CCC(=O)NC2=O)C1=O. The van der Waals surface area contributed by atoms with Crippen molar-refractivity contribution in [2.45, 2.75) is 64.3 Å². The molecule has 4 rings (SSSR count). The summed E-state index contributed by atoms with van der Waals surface area (Å²) in [6.45, 7) is 5.61. The number of ether oxygens (including phenoxy) is 1. The highest BCUT2D eigenvalue weighted by atomic mass is 16.5. The molecular formula is C20H23N3O5. The molecule has 0 radical (unpaired) electrons. The molecule has 1 saturated heterocycles. The number of fused-ring (bicyclic) bond motifs is 3. The van der Waals surface area contributed by atoms with Gasteiger partial charge in [0, 0.05) is 36.5 Å². The maximum atomic E-state index is 13.0. The van der Waals surface area contributed by atoms with Crippen molar-refractivity contribution in [3.63, 3.8) is 0 Å². The van der Waals surface area contributed by atoms with Crippen LogP contribution in [-0.2, 0) is 20.9 Å². The largest absolute Gasteiger partial charge is 0.487 e. The van der Waals surface area contributed by atoms with Gasteiger partial charge in [0.05, 0.1) is 12.6 Å². The molecule has 0 spiro atoms. The molecule has 1 aromatic rings. The lowest BCUT2D eigenvalue weighted by Crippen LogP contribution is -2.52. The summed E-state index contributed by atoms with van der Waals surface area (Å²) < 4.78 is 6.22. The molecule has 3 aliphatic rings. The zero-order valence-corrected chi connectivity index (χ0v) is 16.1. The topological polar surface area (TPSA) is 105 Å².